The quantitative estimate of drug-likeness (QED) is 0.554. The lowest BCUT2D eigenvalue weighted by atomic mass is 10.3. The van der Waals surface area contributed by atoms with Crippen molar-refractivity contribution in [1.29, 1.82) is 0 Å². The Morgan fingerprint density at radius 2 is 2.04 bits per heavy atom. The van der Waals surface area contributed by atoms with Crippen molar-refractivity contribution in [3.05, 3.63) is 36.2 Å². The Bertz CT molecular complexity index is 924. The van der Waals surface area contributed by atoms with Gasteiger partial charge in [-0.25, -0.2) is 4.98 Å². The third-order valence-electron chi connectivity index (χ3n) is 4.29. The predicted octanol–water partition coefficient (Wildman–Crippen LogP) is 3.54. The van der Waals surface area contributed by atoms with Crippen molar-refractivity contribution in [2.24, 2.45) is 0 Å². The fraction of sp³-hybridized carbons (Fsp3) is 0.421. The summed E-state index contributed by atoms with van der Waals surface area (Å²) in [7, 11) is 5.69. The van der Waals surface area contributed by atoms with Gasteiger partial charge in [0.05, 0.1) is 11.8 Å². The molecule has 3 aromatic rings. The van der Waals surface area contributed by atoms with Gasteiger partial charge in [0.15, 0.2) is 5.13 Å². The Balaban J connectivity index is 0.00000280. The lowest BCUT2D eigenvalue weighted by molar-refractivity contribution is 0.0975. The zero-order chi connectivity index (χ0) is 19.4. The molecule has 0 aliphatic rings. The summed E-state index contributed by atoms with van der Waals surface area (Å²) >= 11 is 1.50. The van der Waals surface area contributed by atoms with Crippen LogP contribution in [0.5, 0.6) is 5.75 Å². The van der Waals surface area contributed by atoms with Crippen molar-refractivity contribution >= 4 is 45.0 Å². The molecule has 1 aromatic carbocycles. The summed E-state index contributed by atoms with van der Waals surface area (Å²) in [5, 5.41) is 4.92. The first-order valence-corrected chi connectivity index (χ1v) is 9.78. The number of halogens is 1. The number of nitrogens with zero attached hydrogens (tertiary/aromatic N) is 5. The van der Waals surface area contributed by atoms with Crippen LogP contribution in [0.1, 0.15) is 23.8 Å². The minimum atomic E-state index is -0.0777. The average molecular weight is 424 g/mol. The average Bonchev–Trinajstić information content (AvgIpc) is 3.30. The number of rotatable bonds is 8. The van der Waals surface area contributed by atoms with Crippen LogP contribution >= 0.6 is 23.7 Å². The Kier molecular flexibility index (Phi) is 7.79. The molecule has 3 rings (SSSR count). The zero-order valence-corrected chi connectivity index (χ0v) is 18.2. The zero-order valence-electron chi connectivity index (χ0n) is 16.6. The van der Waals surface area contributed by atoms with Crippen molar-refractivity contribution in [3.8, 4) is 5.75 Å². The van der Waals surface area contributed by atoms with E-state index >= 15 is 0 Å². The maximum Gasteiger partial charge on any atom is 0.278 e. The Morgan fingerprint density at radius 3 is 2.71 bits per heavy atom. The molecule has 0 aliphatic carbocycles. The van der Waals surface area contributed by atoms with E-state index in [2.05, 4.69) is 10.00 Å². The van der Waals surface area contributed by atoms with Crippen LogP contribution < -0.4 is 9.64 Å². The highest BCUT2D eigenvalue weighted by molar-refractivity contribution is 7.22. The lowest BCUT2D eigenvalue weighted by Gasteiger charge is -2.21. The Labute approximate surface area is 175 Å². The SMILES string of the molecule is CCn1nccc1C(=O)N(CCCN(C)C)c1nc2c(OC)cccc2s1.Cl. The number of thiazole rings is 1. The van der Waals surface area contributed by atoms with Crippen LogP contribution in [0.25, 0.3) is 10.2 Å². The minimum absolute atomic E-state index is 0. The van der Waals surface area contributed by atoms with E-state index in [1.54, 1.807) is 29.0 Å². The van der Waals surface area contributed by atoms with E-state index in [1.165, 1.54) is 11.3 Å². The maximum atomic E-state index is 13.3. The van der Waals surface area contributed by atoms with E-state index in [4.69, 9.17) is 9.72 Å². The molecule has 0 spiro atoms. The molecule has 0 aliphatic heterocycles. The second-order valence-corrected chi connectivity index (χ2v) is 7.46. The van der Waals surface area contributed by atoms with Crippen molar-refractivity contribution in [3.63, 3.8) is 0 Å². The fourth-order valence-electron chi connectivity index (χ4n) is 2.93. The van der Waals surface area contributed by atoms with Crippen LogP contribution in [0.15, 0.2) is 30.5 Å². The van der Waals surface area contributed by atoms with Gasteiger partial charge in [0.2, 0.25) is 0 Å². The molecule has 0 fully saturated rings. The number of anilines is 1. The van der Waals surface area contributed by atoms with E-state index < -0.39 is 0 Å². The van der Waals surface area contributed by atoms with Gasteiger partial charge in [0, 0.05) is 19.3 Å². The summed E-state index contributed by atoms with van der Waals surface area (Å²) in [4.78, 5) is 21.9. The summed E-state index contributed by atoms with van der Waals surface area (Å²) in [5.41, 5.74) is 1.36. The third-order valence-corrected chi connectivity index (χ3v) is 5.33. The molecule has 0 N–H and O–H groups in total. The van der Waals surface area contributed by atoms with Gasteiger partial charge < -0.3 is 9.64 Å². The van der Waals surface area contributed by atoms with E-state index in [-0.39, 0.29) is 18.3 Å². The lowest BCUT2D eigenvalue weighted by Crippen LogP contribution is -2.34. The van der Waals surface area contributed by atoms with Gasteiger partial charge >= 0.3 is 0 Å². The van der Waals surface area contributed by atoms with Crippen LogP contribution in [-0.2, 0) is 6.54 Å². The number of amides is 1. The third kappa shape index (κ3) is 4.63. The monoisotopic (exact) mass is 423 g/mol. The second kappa shape index (κ2) is 9.86. The van der Waals surface area contributed by atoms with Gasteiger partial charge in [0.1, 0.15) is 17.0 Å². The Hall–Kier alpha value is -2.16. The first kappa shape index (κ1) is 22.1. The molecular weight excluding hydrogens is 398 g/mol. The topological polar surface area (TPSA) is 63.5 Å². The van der Waals surface area contributed by atoms with Crippen LogP contribution in [0.2, 0.25) is 0 Å². The highest BCUT2D eigenvalue weighted by atomic mass is 35.5. The number of fused-ring (bicyclic) bond motifs is 1. The van der Waals surface area contributed by atoms with Gasteiger partial charge in [-0.3, -0.25) is 14.4 Å². The van der Waals surface area contributed by atoms with E-state index in [0.29, 0.717) is 29.7 Å². The van der Waals surface area contributed by atoms with Crippen molar-refractivity contribution in [2.75, 3.05) is 39.2 Å². The number of carbonyl (C=O) groups is 1. The smallest absolute Gasteiger partial charge is 0.278 e. The molecule has 1 amide bonds. The fourth-order valence-corrected chi connectivity index (χ4v) is 3.93. The number of para-hydroxylation sites is 1. The van der Waals surface area contributed by atoms with Gasteiger partial charge in [-0.05, 0) is 52.2 Å². The molecule has 0 saturated carbocycles. The first-order chi connectivity index (χ1) is 13.0. The standard InChI is InChI=1S/C19H25N5O2S.ClH/c1-5-24-14(10-11-20-24)18(25)23(13-7-12-22(2)3)19-21-17-15(26-4)8-6-9-16(17)27-19;/h6,8-11H,5,7,12-13H2,1-4H3;1H. The van der Waals surface area contributed by atoms with Crippen LogP contribution in [-0.4, -0.2) is 59.9 Å². The van der Waals surface area contributed by atoms with E-state index in [0.717, 1.165) is 23.2 Å². The second-order valence-electron chi connectivity index (χ2n) is 6.45. The van der Waals surface area contributed by atoms with Crippen molar-refractivity contribution in [1.82, 2.24) is 19.7 Å². The molecule has 2 aromatic heterocycles. The first-order valence-electron chi connectivity index (χ1n) is 8.97. The number of benzene rings is 1. The van der Waals surface area contributed by atoms with Crippen molar-refractivity contribution in [2.45, 2.75) is 19.9 Å². The van der Waals surface area contributed by atoms with Crippen LogP contribution in [0.3, 0.4) is 0 Å². The molecular formula is C19H26ClN5O2S. The van der Waals surface area contributed by atoms with Gasteiger partial charge in [-0.15, -0.1) is 12.4 Å². The number of ether oxygens (including phenoxy) is 1. The van der Waals surface area contributed by atoms with Gasteiger partial charge in [-0.1, -0.05) is 17.4 Å². The normalized spacial score (nSPS) is 10.9. The number of aryl methyl sites for hydroxylation is 1. The van der Waals surface area contributed by atoms with E-state index in [9.17, 15) is 4.79 Å². The Morgan fingerprint density at radius 1 is 1.25 bits per heavy atom. The molecule has 2 heterocycles. The molecule has 0 atom stereocenters. The molecule has 28 heavy (non-hydrogen) atoms. The summed E-state index contributed by atoms with van der Waals surface area (Å²) in [5.74, 6) is 0.639. The highest BCUT2D eigenvalue weighted by Crippen LogP contribution is 2.34. The molecule has 9 heteroatoms. The van der Waals surface area contributed by atoms with Gasteiger partial charge in [-0.2, -0.15) is 5.10 Å². The predicted molar refractivity (Wildman–Crippen MR) is 116 cm³/mol. The summed E-state index contributed by atoms with van der Waals surface area (Å²) in [6.45, 7) is 4.11. The summed E-state index contributed by atoms with van der Waals surface area (Å²) in [6.07, 6.45) is 2.52. The molecule has 0 bridgehead atoms. The minimum Gasteiger partial charge on any atom is -0.494 e. The molecule has 0 saturated heterocycles. The largest absolute Gasteiger partial charge is 0.494 e. The number of methoxy groups -OCH3 is 1. The summed E-state index contributed by atoms with van der Waals surface area (Å²) in [6, 6.07) is 7.58. The number of hydrogen-bond donors (Lipinski definition) is 0. The van der Waals surface area contributed by atoms with Crippen LogP contribution in [0, 0.1) is 0 Å². The number of carbonyl (C=O) groups excluding carboxylic acids is 1. The summed E-state index contributed by atoms with van der Waals surface area (Å²) < 4.78 is 8.14. The van der Waals surface area contributed by atoms with E-state index in [1.807, 2.05) is 39.2 Å². The molecule has 0 radical (unpaired) electrons. The van der Waals surface area contributed by atoms with Crippen LogP contribution in [0.4, 0.5) is 5.13 Å². The number of hydrogen-bond acceptors (Lipinski definition) is 6. The van der Waals surface area contributed by atoms with Gasteiger partial charge in [0.25, 0.3) is 5.91 Å². The number of aromatic nitrogens is 3. The molecule has 7 nitrogen and oxygen atoms in total. The van der Waals surface area contributed by atoms with Crippen molar-refractivity contribution < 1.29 is 9.53 Å². The maximum absolute atomic E-state index is 13.3. The highest BCUT2D eigenvalue weighted by Gasteiger charge is 2.24. The molecule has 0 unspecified atom stereocenters. The molecule has 152 valence electrons.